The number of hydrogen-bond donors (Lipinski definition) is 5. The number of nitrogens with one attached hydrogen (secondary N) is 2. The molecule has 3 rings (SSSR count). The summed E-state index contributed by atoms with van der Waals surface area (Å²) in [5.41, 5.74) is -1.56. The van der Waals surface area contributed by atoms with Crippen molar-refractivity contribution in [3.63, 3.8) is 0 Å². The average molecular weight is 476 g/mol. The Morgan fingerprint density at radius 1 is 1.27 bits per heavy atom. The lowest BCUT2D eigenvalue weighted by Crippen LogP contribution is -2.55. The van der Waals surface area contributed by atoms with Crippen LogP contribution in [0.3, 0.4) is 0 Å². The first-order chi connectivity index (χ1) is 15.3. The summed E-state index contributed by atoms with van der Waals surface area (Å²) in [5, 5.41) is 37.1. The van der Waals surface area contributed by atoms with Gasteiger partial charge in [0.25, 0.3) is 5.91 Å². The molecule has 0 aromatic heterocycles. The summed E-state index contributed by atoms with van der Waals surface area (Å²) < 4.78 is 44.0. The Balaban J connectivity index is 1.71. The van der Waals surface area contributed by atoms with Crippen LogP contribution in [0.25, 0.3) is 0 Å². The van der Waals surface area contributed by atoms with Crippen molar-refractivity contribution < 1.29 is 38.0 Å². The zero-order valence-corrected chi connectivity index (χ0v) is 18.9. The number of aliphatic hydroxyl groups is 3. The quantitative estimate of drug-likeness (QED) is 0.353. The first-order valence-corrected chi connectivity index (χ1v) is 11.0. The maximum atomic E-state index is 13.3. The van der Waals surface area contributed by atoms with E-state index >= 15 is 0 Å². The first-order valence-electron chi connectivity index (χ1n) is 11.0. The maximum Gasteiger partial charge on any atom is 0.416 e. The molecule has 0 aromatic carbocycles. The number of alkyl halides is 3. The predicted molar refractivity (Wildman–Crippen MR) is 114 cm³/mol. The fraction of sp³-hybridized carbons (Fsp3) is 0.682. The molecule has 0 spiro atoms. The molecule has 1 fully saturated rings. The molecule has 5 unspecified atom stereocenters. The summed E-state index contributed by atoms with van der Waals surface area (Å²) >= 11 is 0. The summed E-state index contributed by atoms with van der Waals surface area (Å²) in [6.07, 6.45) is -3.51. The van der Waals surface area contributed by atoms with Crippen molar-refractivity contribution in [2.45, 2.75) is 57.5 Å². The van der Waals surface area contributed by atoms with Crippen molar-refractivity contribution in [2.75, 3.05) is 26.2 Å². The lowest BCUT2D eigenvalue weighted by molar-refractivity contribution is -0.165. The van der Waals surface area contributed by atoms with Crippen LogP contribution in [0.5, 0.6) is 0 Å². The van der Waals surface area contributed by atoms with Gasteiger partial charge in [-0.25, -0.2) is 0 Å². The van der Waals surface area contributed by atoms with Crippen LogP contribution in [0.4, 0.5) is 13.2 Å². The number of fused-ring (bicyclic) bond motifs is 1. The van der Waals surface area contributed by atoms with Gasteiger partial charge in [0, 0.05) is 26.2 Å². The van der Waals surface area contributed by atoms with E-state index in [9.17, 15) is 33.3 Å². The van der Waals surface area contributed by atoms with Crippen LogP contribution in [0.1, 0.15) is 27.2 Å². The highest BCUT2D eigenvalue weighted by atomic mass is 19.4. The Morgan fingerprint density at radius 2 is 1.97 bits per heavy atom. The number of aliphatic hydroxyl groups excluding tert-OH is 3. The van der Waals surface area contributed by atoms with Gasteiger partial charge in [-0.1, -0.05) is 18.2 Å². The minimum Gasteiger partial charge on any atom is -0.511 e. The van der Waals surface area contributed by atoms with Gasteiger partial charge in [-0.3, -0.25) is 10.1 Å². The van der Waals surface area contributed by atoms with Crippen molar-refractivity contribution in [1.82, 2.24) is 15.5 Å². The second-order valence-electron chi connectivity index (χ2n) is 9.60. The molecular formula is C22H32F3N3O5. The normalized spacial score (nSPS) is 28.1. The third-order valence-corrected chi connectivity index (χ3v) is 5.90. The van der Waals surface area contributed by atoms with Crippen LogP contribution in [0, 0.1) is 11.8 Å². The maximum absolute atomic E-state index is 13.3. The Labute approximate surface area is 190 Å². The molecular weight excluding hydrogens is 443 g/mol. The molecule has 1 saturated heterocycles. The molecule has 5 atom stereocenters. The molecule has 8 nitrogen and oxygen atoms in total. The van der Waals surface area contributed by atoms with Gasteiger partial charge < -0.3 is 30.3 Å². The molecule has 0 bridgehead atoms. The van der Waals surface area contributed by atoms with E-state index in [1.54, 1.807) is 20.8 Å². The molecule has 1 amide bonds. The fourth-order valence-corrected chi connectivity index (χ4v) is 4.39. The Hall–Kier alpha value is -1.92. The Bertz CT molecular complexity index is 834. The molecule has 186 valence electrons. The number of carbonyl (C=O) groups is 1. The van der Waals surface area contributed by atoms with Gasteiger partial charge in [-0.2, -0.15) is 13.2 Å². The van der Waals surface area contributed by atoms with Gasteiger partial charge in [0.1, 0.15) is 12.0 Å². The fourth-order valence-electron chi connectivity index (χ4n) is 4.39. The van der Waals surface area contributed by atoms with E-state index < -0.39 is 41.7 Å². The molecule has 1 aliphatic carbocycles. The monoisotopic (exact) mass is 475 g/mol. The van der Waals surface area contributed by atoms with E-state index in [0.717, 1.165) is 12.2 Å². The van der Waals surface area contributed by atoms with Crippen molar-refractivity contribution in [3.05, 3.63) is 35.1 Å². The zero-order valence-electron chi connectivity index (χ0n) is 18.9. The van der Waals surface area contributed by atoms with Crippen LogP contribution >= 0.6 is 0 Å². The molecule has 5 N–H and O–H groups in total. The molecule has 2 aliphatic heterocycles. The van der Waals surface area contributed by atoms with Crippen LogP contribution in [0.15, 0.2) is 35.1 Å². The highest BCUT2D eigenvalue weighted by molar-refractivity contribution is 5.96. The summed E-state index contributed by atoms with van der Waals surface area (Å²) in [7, 11) is 0. The number of halogens is 3. The number of nitrogens with zero attached hydrogens (tertiary/aromatic N) is 1. The number of ether oxygens (including phenoxy) is 1. The van der Waals surface area contributed by atoms with E-state index in [1.807, 2.05) is 0 Å². The predicted octanol–water partition coefficient (Wildman–Crippen LogP) is 1.33. The third-order valence-electron chi connectivity index (χ3n) is 5.90. The van der Waals surface area contributed by atoms with Gasteiger partial charge >= 0.3 is 6.18 Å². The van der Waals surface area contributed by atoms with Gasteiger partial charge in [0.2, 0.25) is 0 Å². The molecule has 11 heteroatoms. The van der Waals surface area contributed by atoms with Crippen LogP contribution in [-0.2, 0) is 9.53 Å². The van der Waals surface area contributed by atoms with E-state index in [0.29, 0.717) is 13.1 Å². The summed E-state index contributed by atoms with van der Waals surface area (Å²) in [6, 6.07) is -0.371. The molecule has 2 heterocycles. The minimum atomic E-state index is -4.42. The Kier molecular flexibility index (Phi) is 7.59. The summed E-state index contributed by atoms with van der Waals surface area (Å²) in [5.74, 6) is -1.59. The number of amides is 1. The molecule has 0 radical (unpaired) electrons. The van der Waals surface area contributed by atoms with Gasteiger partial charge in [0.05, 0.1) is 28.7 Å². The highest BCUT2D eigenvalue weighted by Gasteiger charge is 2.46. The van der Waals surface area contributed by atoms with Gasteiger partial charge in [-0.05, 0) is 33.1 Å². The number of allylic oxidation sites excluding steroid dienone is 3. The van der Waals surface area contributed by atoms with E-state index in [4.69, 9.17) is 4.74 Å². The number of carbonyl (C=O) groups excluding carboxylic acids is 1. The van der Waals surface area contributed by atoms with Crippen molar-refractivity contribution >= 4 is 5.91 Å². The first kappa shape index (κ1) is 25.7. The van der Waals surface area contributed by atoms with E-state index in [-0.39, 0.29) is 42.8 Å². The summed E-state index contributed by atoms with van der Waals surface area (Å²) in [4.78, 5) is 14.8. The van der Waals surface area contributed by atoms with Gasteiger partial charge in [0.15, 0.2) is 6.29 Å². The van der Waals surface area contributed by atoms with Crippen LogP contribution < -0.4 is 10.6 Å². The smallest absolute Gasteiger partial charge is 0.416 e. The van der Waals surface area contributed by atoms with E-state index in [2.05, 4.69) is 10.6 Å². The lowest BCUT2D eigenvalue weighted by Gasteiger charge is -2.40. The number of hydrogen-bond acceptors (Lipinski definition) is 7. The van der Waals surface area contributed by atoms with Crippen molar-refractivity contribution in [3.8, 4) is 0 Å². The topological polar surface area (TPSA) is 114 Å². The van der Waals surface area contributed by atoms with Gasteiger partial charge in [-0.15, -0.1) is 0 Å². The van der Waals surface area contributed by atoms with Crippen LogP contribution in [0.2, 0.25) is 0 Å². The molecule has 3 aliphatic rings. The molecule has 33 heavy (non-hydrogen) atoms. The molecule has 0 saturated carbocycles. The largest absolute Gasteiger partial charge is 0.511 e. The Morgan fingerprint density at radius 3 is 2.55 bits per heavy atom. The van der Waals surface area contributed by atoms with E-state index in [1.165, 1.54) is 11.0 Å². The lowest BCUT2D eigenvalue weighted by atomic mass is 9.88. The second-order valence-corrected chi connectivity index (χ2v) is 9.60. The average Bonchev–Trinajstić information content (AvgIpc) is 3.18. The van der Waals surface area contributed by atoms with Crippen molar-refractivity contribution in [1.29, 1.82) is 0 Å². The van der Waals surface area contributed by atoms with Crippen molar-refractivity contribution in [2.24, 2.45) is 11.8 Å². The minimum absolute atomic E-state index is 0.127. The van der Waals surface area contributed by atoms with Crippen LogP contribution in [-0.4, -0.2) is 82.6 Å². The zero-order chi connectivity index (χ0) is 24.6. The number of rotatable bonds is 7. The second kappa shape index (κ2) is 9.75. The SMILES string of the molecule is CC(C)(C)OC(O)CNC(O)C1=C(O)C2CNCC2N(CC2C=CC(C(F)(F)F)=CC2)C1=O. The standard InChI is InChI=1S/C22H32F3N3O5/c1-21(2,3)33-16(29)10-27-19(31)17-18(30)14-8-26-9-15(14)28(20(17)32)11-12-4-6-13(7-5-12)22(23,24)25/h4,6-7,12,14-16,19,26-27,29-31H,5,8-11H2,1-3H3. The highest BCUT2D eigenvalue weighted by Crippen LogP contribution is 2.35. The summed E-state index contributed by atoms with van der Waals surface area (Å²) in [6.45, 7) is 6.04. The molecule has 0 aromatic rings. The third kappa shape index (κ3) is 6.15.